The number of nitrogens with zero attached hydrogens (tertiary/aromatic N) is 10. The maximum atomic E-state index is 10.8. The van der Waals surface area contributed by atoms with E-state index in [1.807, 2.05) is 14.1 Å². The highest BCUT2D eigenvalue weighted by atomic mass is 32.1. The number of aryl methyl sites for hydroxylation is 1. The number of fused-ring (bicyclic) bond motifs is 1. The molecule has 0 saturated carbocycles. The van der Waals surface area contributed by atoms with Crippen molar-refractivity contribution < 1.29 is 5.11 Å². The zero-order chi connectivity index (χ0) is 22.0. The summed E-state index contributed by atoms with van der Waals surface area (Å²) in [5.74, 6) is -0.186. The summed E-state index contributed by atoms with van der Waals surface area (Å²) in [5, 5.41) is 29.1. The van der Waals surface area contributed by atoms with Crippen molar-refractivity contribution in [3.8, 4) is 5.75 Å². The number of aromatic hydroxyl groups is 1. The molecule has 4 rings (SSSR count). The fourth-order valence-electron chi connectivity index (χ4n) is 2.60. The topological polar surface area (TPSA) is 129 Å². The highest BCUT2D eigenvalue weighted by Gasteiger charge is 2.16. The second-order valence-corrected chi connectivity index (χ2v) is 7.88. The van der Waals surface area contributed by atoms with Crippen LogP contribution in [-0.4, -0.2) is 37.9 Å². The van der Waals surface area contributed by atoms with Gasteiger partial charge in [0.1, 0.15) is 12.0 Å². The SMILES string of the molecule is [C-]#[N+]c1c(C)nsc1N=Nc1c(N(C)C)ccc(N=Nc2snc3ncncc23)c1O. The Morgan fingerprint density at radius 1 is 1.06 bits per heavy atom. The molecule has 154 valence electrons. The van der Waals surface area contributed by atoms with Crippen LogP contribution in [0.3, 0.4) is 0 Å². The lowest BCUT2D eigenvalue weighted by atomic mass is 10.2. The molecule has 0 fully saturated rings. The molecule has 0 atom stereocenters. The fraction of sp³-hybridized carbons (Fsp3) is 0.167. The Kier molecular flexibility index (Phi) is 5.56. The molecule has 0 unspecified atom stereocenters. The normalized spacial score (nSPS) is 11.5. The summed E-state index contributed by atoms with van der Waals surface area (Å²) in [6, 6.07) is 3.39. The molecule has 0 radical (unpaired) electrons. The molecule has 1 N–H and O–H groups in total. The van der Waals surface area contributed by atoms with Crippen LogP contribution in [0.4, 0.5) is 32.8 Å². The number of hydrogen-bond acceptors (Lipinski definition) is 12. The van der Waals surface area contributed by atoms with Crippen LogP contribution in [0.2, 0.25) is 0 Å². The van der Waals surface area contributed by atoms with Gasteiger partial charge in [0.15, 0.2) is 27.1 Å². The standard InChI is InChI=1S/C18H14N10OS2/c1-9-13(19-2)18(31-26-9)25-23-14-12(28(3)4)6-5-11(15(14)29)22-24-17-10-7-20-8-21-16(10)27-30-17/h5-8,29H,1,3-4H3. The number of hydrogen-bond donors (Lipinski definition) is 1. The maximum Gasteiger partial charge on any atom is 0.247 e. The number of rotatable bonds is 5. The van der Waals surface area contributed by atoms with Crippen molar-refractivity contribution in [2.45, 2.75) is 6.92 Å². The van der Waals surface area contributed by atoms with Crippen molar-refractivity contribution in [3.63, 3.8) is 0 Å². The first kappa shape index (κ1) is 20.4. The highest BCUT2D eigenvalue weighted by molar-refractivity contribution is 7.11. The Morgan fingerprint density at radius 3 is 2.61 bits per heavy atom. The van der Waals surface area contributed by atoms with Gasteiger partial charge < -0.3 is 10.0 Å². The smallest absolute Gasteiger partial charge is 0.247 e. The molecule has 0 spiro atoms. The predicted molar refractivity (Wildman–Crippen MR) is 119 cm³/mol. The van der Waals surface area contributed by atoms with Crippen LogP contribution in [0.1, 0.15) is 5.69 Å². The third kappa shape index (κ3) is 3.93. The van der Waals surface area contributed by atoms with Gasteiger partial charge in [0, 0.05) is 20.3 Å². The van der Waals surface area contributed by atoms with Crippen LogP contribution in [0.25, 0.3) is 15.9 Å². The molecule has 3 heterocycles. The lowest BCUT2D eigenvalue weighted by molar-refractivity contribution is 0.477. The number of azo groups is 2. The molecule has 0 saturated heterocycles. The lowest BCUT2D eigenvalue weighted by Gasteiger charge is -2.15. The zero-order valence-corrected chi connectivity index (χ0v) is 18.2. The second kappa shape index (κ2) is 8.46. The quantitative estimate of drug-likeness (QED) is 0.293. The fourth-order valence-corrected chi connectivity index (χ4v) is 3.90. The van der Waals surface area contributed by atoms with E-state index >= 15 is 0 Å². The van der Waals surface area contributed by atoms with Gasteiger partial charge in [-0.05, 0) is 42.1 Å². The lowest BCUT2D eigenvalue weighted by Crippen LogP contribution is -2.08. The molecule has 0 aliphatic rings. The molecular formula is C18H14N10OS2. The van der Waals surface area contributed by atoms with Crippen molar-refractivity contribution in [1.82, 2.24) is 18.7 Å². The summed E-state index contributed by atoms with van der Waals surface area (Å²) in [6.45, 7) is 9.02. The van der Waals surface area contributed by atoms with Crippen LogP contribution in [-0.2, 0) is 0 Å². The summed E-state index contributed by atoms with van der Waals surface area (Å²) in [7, 11) is 3.64. The van der Waals surface area contributed by atoms with Gasteiger partial charge in [-0.3, -0.25) is 0 Å². The van der Waals surface area contributed by atoms with Crippen molar-refractivity contribution in [2.75, 3.05) is 19.0 Å². The number of phenolic OH excluding ortho intramolecular Hbond substituents is 1. The van der Waals surface area contributed by atoms with E-state index in [2.05, 4.69) is 44.0 Å². The van der Waals surface area contributed by atoms with E-state index in [-0.39, 0.29) is 17.1 Å². The minimum Gasteiger partial charge on any atom is -0.504 e. The van der Waals surface area contributed by atoms with Gasteiger partial charge in [-0.1, -0.05) is 0 Å². The molecule has 11 nitrogen and oxygen atoms in total. The van der Waals surface area contributed by atoms with E-state index in [0.29, 0.717) is 38.1 Å². The molecule has 1 aromatic carbocycles. The Bertz CT molecular complexity index is 1370. The van der Waals surface area contributed by atoms with Gasteiger partial charge in [-0.15, -0.1) is 20.5 Å². The Morgan fingerprint density at radius 2 is 1.84 bits per heavy atom. The Hall–Kier alpha value is -3.89. The minimum atomic E-state index is -0.186. The molecule has 31 heavy (non-hydrogen) atoms. The van der Waals surface area contributed by atoms with Gasteiger partial charge in [0.05, 0.1) is 23.3 Å². The van der Waals surface area contributed by atoms with Crippen LogP contribution in [0.15, 0.2) is 45.1 Å². The van der Waals surface area contributed by atoms with Crippen LogP contribution < -0.4 is 4.90 Å². The van der Waals surface area contributed by atoms with E-state index in [9.17, 15) is 5.11 Å². The van der Waals surface area contributed by atoms with Gasteiger partial charge >= 0.3 is 0 Å². The summed E-state index contributed by atoms with van der Waals surface area (Å²) >= 11 is 2.21. The van der Waals surface area contributed by atoms with Crippen LogP contribution in [0, 0.1) is 13.5 Å². The third-order valence-corrected chi connectivity index (χ3v) is 5.70. The average molecular weight is 451 g/mol. The van der Waals surface area contributed by atoms with E-state index in [1.54, 1.807) is 30.2 Å². The molecular weight excluding hydrogens is 436 g/mol. The van der Waals surface area contributed by atoms with E-state index in [0.717, 1.165) is 23.1 Å². The van der Waals surface area contributed by atoms with Crippen molar-refractivity contribution in [1.29, 1.82) is 0 Å². The molecule has 0 aliphatic heterocycles. The number of benzene rings is 1. The van der Waals surface area contributed by atoms with Crippen molar-refractivity contribution >= 4 is 66.9 Å². The summed E-state index contributed by atoms with van der Waals surface area (Å²) in [6.07, 6.45) is 3.02. The first-order chi connectivity index (χ1) is 15.0. The number of aromatic nitrogens is 4. The van der Waals surface area contributed by atoms with Gasteiger partial charge in [-0.25, -0.2) is 19.2 Å². The Balaban J connectivity index is 1.74. The van der Waals surface area contributed by atoms with Crippen molar-refractivity contribution in [2.24, 2.45) is 20.5 Å². The summed E-state index contributed by atoms with van der Waals surface area (Å²) in [4.78, 5) is 13.3. The molecule has 3 aromatic heterocycles. The number of phenols is 1. The van der Waals surface area contributed by atoms with Gasteiger partial charge in [0.2, 0.25) is 5.69 Å². The molecule has 0 bridgehead atoms. The predicted octanol–water partition coefficient (Wildman–Crippen LogP) is 6.00. The third-order valence-electron chi connectivity index (χ3n) is 4.15. The molecule has 0 aliphatic carbocycles. The monoisotopic (exact) mass is 450 g/mol. The maximum absolute atomic E-state index is 10.8. The first-order valence-electron chi connectivity index (χ1n) is 8.75. The van der Waals surface area contributed by atoms with E-state index in [1.165, 1.54) is 6.33 Å². The van der Waals surface area contributed by atoms with Crippen molar-refractivity contribution in [3.05, 3.63) is 41.8 Å². The molecule has 4 aromatic rings. The second-order valence-electron chi connectivity index (χ2n) is 6.38. The zero-order valence-electron chi connectivity index (χ0n) is 16.5. The minimum absolute atomic E-state index is 0.186. The summed E-state index contributed by atoms with van der Waals surface area (Å²) in [5.41, 5.74) is 2.52. The molecule has 13 heteroatoms. The van der Waals surface area contributed by atoms with E-state index < -0.39 is 0 Å². The Labute approximate surface area is 184 Å². The first-order valence-corrected chi connectivity index (χ1v) is 10.3. The van der Waals surface area contributed by atoms with Crippen LogP contribution >= 0.6 is 23.1 Å². The van der Waals surface area contributed by atoms with Gasteiger partial charge in [-0.2, -0.15) is 4.37 Å². The van der Waals surface area contributed by atoms with Crippen LogP contribution in [0.5, 0.6) is 5.75 Å². The summed E-state index contributed by atoms with van der Waals surface area (Å²) < 4.78 is 8.33. The average Bonchev–Trinajstić information content (AvgIpc) is 3.34. The highest BCUT2D eigenvalue weighted by Crippen LogP contribution is 2.46. The van der Waals surface area contributed by atoms with E-state index in [4.69, 9.17) is 6.57 Å². The molecule has 0 amide bonds. The largest absolute Gasteiger partial charge is 0.504 e. The number of anilines is 1. The van der Waals surface area contributed by atoms with Gasteiger partial charge in [0.25, 0.3) is 0 Å².